The van der Waals surface area contributed by atoms with Gasteiger partial charge in [0.25, 0.3) is 17.3 Å². The molecule has 1 aliphatic carbocycles. The summed E-state index contributed by atoms with van der Waals surface area (Å²) in [6, 6.07) is 2.43. The van der Waals surface area contributed by atoms with Crippen LogP contribution in [0.25, 0.3) is 0 Å². The normalized spacial score (nSPS) is 25.4. The molecule has 194 valence electrons. The molecule has 1 aromatic heterocycles. The molecule has 3 atom stereocenters. The second-order valence-electron chi connectivity index (χ2n) is 11.1. The number of nitrogens with zero attached hydrogens (tertiary/aromatic N) is 2. The Morgan fingerprint density at radius 1 is 1.17 bits per heavy atom. The number of aryl methyl sites for hydroxylation is 2. The number of halogens is 1. The second-order valence-corrected chi connectivity index (χ2v) is 11.4. The van der Waals surface area contributed by atoms with E-state index >= 15 is 0 Å². The number of fused-ring (bicyclic) bond motifs is 2. The number of amides is 1. The molecule has 0 spiro atoms. The quantitative estimate of drug-likeness (QED) is 0.638. The Bertz CT molecular complexity index is 1290. The Labute approximate surface area is 217 Å². The van der Waals surface area contributed by atoms with Gasteiger partial charge in [0.15, 0.2) is 11.5 Å². The molecule has 0 saturated heterocycles. The third-order valence-corrected chi connectivity index (χ3v) is 8.79. The minimum absolute atomic E-state index is 0.125. The van der Waals surface area contributed by atoms with Crippen LogP contribution in [0.5, 0.6) is 11.5 Å². The van der Waals surface area contributed by atoms with Gasteiger partial charge in [-0.25, -0.2) is 0 Å². The lowest BCUT2D eigenvalue weighted by Crippen LogP contribution is -2.48. The van der Waals surface area contributed by atoms with Crippen LogP contribution in [0, 0.1) is 26.7 Å². The number of hydrogen-bond donors (Lipinski definition) is 1. The number of carbonyl (C=O) groups excluding carboxylic acids is 1. The van der Waals surface area contributed by atoms with Gasteiger partial charge in [-0.2, -0.15) is 0 Å². The molecule has 1 unspecified atom stereocenters. The zero-order valence-electron chi connectivity index (χ0n) is 22.1. The number of carbonyl (C=O) groups is 1. The zero-order chi connectivity index (χ0) is 25.9. The summed E-state index contributed by atoms with van der Waals surface area (Å²) in [5, 5.41) is 0.478. The van der Waals surface area contributed by atoms with Crippen molar-refractivity contribution in [1.82, 2.24) is 14.8 Å². The summed E-state index contributed by atoms with van der Waals surface area (Å²) in [6.07, 6.45) is 4.92. The first-order chi connectivity index (χ1) is 17.0. The molecule has 1 fully saturated rings. The van der Waals surface area contributed by atoms with E-state index < -0.39 is 5.79 Å². The average Bonchev–Trinajstić information content (AvgIpc) is 3.20. The van der Waals surface area contributed by atoms with E-state index in [1.807, 2.05) is 33.8 Å². The van der Waals surface area contributed by atoms with Crippen molar-refractivity contribution >= 4 is 17.5 Å². The van der Waals surface area contributed by atoms with Gasteiger partial charge in [-0.15, -0.1) is 0 Å². The Balaban J connectivity index is 1.46. The molecule has 3 aliphatic rings. The molecule has 1 aromatic carbocycles. The van der Waals surface area contributed by atoms with E-state index in [1.54, 1.807) is 4.90 Å². The molecule has 2 aromatic rings. The molecule has 3 heterocycles. The van der Waals surface area contributed by atoms with E-state index in [1.165, 1.54) is 6.42 Å². The lowest BCUT2D eigenvalue weighted by molar-refractivity contribution is -0.125. The summed E-state index contributed by atoms with van der Waals surface area (Å²) in [5.74, 6) is 0.425. The summed E-state index contributed by atoms with van der Waals surface area (Å²) in [4.78, 5) is 33.2. The van der Waals surface area contributed by atoms with Gasteiger partial charge in [-0.05, 0) is 77.7 Å². The lowest BCUT2D eigenvalue weighted by Gasteiger charge is -2.39. The first-order valence-electron chi connectivity index (χ1n) is 12.9. The summed E-state index contributed by atoms with van der Waals surface area (Å²) in [5.41, 5.74) is 4.31. The average molecular weight is 514 g/mol. The maximum Gasteiger partial charge on any atom is 0.254 e. The van der Waals surface area contributed by atoms with Crippen molar-refractivity contribution in [2.75, 3.05) is 20.6 Å². The minimum Gasteiger partial charge on any atom is -0.448 e. The molecule has 1 N–H and O–H groups in total. The predicted octanol–water partition coefficient (Wildman–Crippen LogP) is 4.76. The number of hydrogen-bond acceptors (Lipinski definition) is 5. The number of H-pyrrole nitrogens is 1. The smallest absolute Gasteiger partial charge is 0.254 e. The van der Waals surface area contributed by atoms with Crippen LogP contribution in [0.2, 0.25) is 5.02 Å². The molecule has 0 bridgehead atoms. The van der Waals surface area contributed by atoms with Crippen molar-refractivity contribution in [3.05, 3.63) is 55.0 Å². The van der Waals surface area contributed by atoms with Crippen LogP contribution in [0.3, 0.4) is 0 Å². The number of aromatic amines is 1. The van der Waals surface area contributed by atoms with E-state index in [2.05, 4.69) is 24.0 Å². The van der Waals surface area contributed by atoms with Gasteiger partial charge in [0.2, 0.25) is 0 Å². The molecule has 7 nitrogen and oxygen atoms in total. The number of ether oxygens (including phenoxy) is 2. The molecule has 5 rings (SSSR count). The van der Waals surface area contributed by atoms with E-state index in [0.717, 1.165) is 41.6 Å². The summed E-state index contributed by atoms with van der Waals surface area (Å²) in [7, 11) is 4.25. The Morgan fingerprint density at radius 3 is 2.58 bits per heavy atom. The maximum absolute atomic E-state index is 13.7. The molecule has 0 radical (unpaired) electrons. The third kappa shape index (κ3) is 4.10. The highest BCUT2D eigenvalue weighted by Gasteiger charge is 2.49. The van der Waals surface area contributed by atoms with Crippen molar-refractivity contribution in [2.45, 2.75) is 78.2 Å². The molecule has 1 saturated carbocycles. The molecule has 1 amide bonds. The number of nitrogens with one attached hydrogen (secondary N) is 1. The lowest BCUT2D eigenvalue weighted by atomic mass is 9.80. The minimum atomic E-state index is -0.815. The van der Waals surface area contributed by atoms with E-state index in [-0.39, 0.29) is 23.9 Å². The van der Waals surface area contributed by atoms with Crippen LogP contribution in [0.1, 0.15) is 70.9 Å². The molecule has 8 heteroatoms. The van der Waals surface area contributed by atoms with Crippen LogP contribution in [-0.4, -0.2) is 53.2 Å². The fraction of sp³-hybridized carbons (Fsp3) is 0.571. The summed E-state index contributed by atoms with van der Waals surface area (Å²) >= 11 is 6.89. The van der Waals surface area contributed by atoms with Gasteiger partial charge >= 0.3 is 0 Å². The fourth-order valence-electron chi connectivity index (χ4n) is 6.22. The SMILES string of the molecule is Cc1cc(C)c(CN2CCc3c(Cl)c4c(c(C)c3C2=O)OC(C)([C@H]2CCC[C@@H](N(C)C)C2)O4)c(=O)[nH]1. The van der Waals surface area contributed by atoms with Crippen LogP contribution in [0.15, 0.2) is 10.9 Å². The molecular formula is C28H36ClN3O4. The van der Waals surface area contributed by atoms with Crippen LogP contribution >= 0.6 is 11.6 Å². The van der Waals surface area contributed by atoms with Gasteiger partial charge in [0, 0.05) is 42.2 Å². The number of rotatable bonds is 4. The standard InChI is InChI=1S/C28H36ClN3O4/c1-15-12-16(2)30-26(33)21(15)14-32-11-10-20-22(27(32)34)17(3)24-25(23(20)29)36-28(4,35-24)18-8-7-9-19(13-18)31(5)6/h12,18-19H,7-11,13-14H2,1-6H3,(H,30,33)/t18-,19+,28?/m0/s1. The first kappa shape index (κ1) is 25.2. The largest absolute Gasteiger partial charge is 0.448 e. The topological polar surface area (TPSA) is 74.9 Å². The second kappa shape index (κ2) is 9.10. The summed E-state index contributed by atoms with van der Waals surface area (Å²) in [6.45, 7) is 8.44. The van der Waals surface area contributed by atoms with Gasteiger partial charge in [0.05, 0.1) is 17.1 Å². The van der Waals surface area contributed by atoms with E-state index in [0.29, 0.717) is 46.7 Å². The molecule has 2 aliphatic heterocycles. The van der Waals surface area contributed by atoms with Crippen LogP contribution < -0.4 is 15.0 Å². The van der Waals surface area contributed by atoms with Gasteiger partial charge in [-0.3, -0.25) is 9.59 Å². The van der Waals surface area contributed by atoms with Crippen molar-refractivity contribution in [1.29, 1.82) is 0 Å². The van der Waals surface area contributed by atoms with E-state index in [4.69, 9.17) is 21.1 Å². The van der Waals surface area contributed by atoms with Crippen molar-refractivity contribution < 1.29 is 14.3 Å². The Kier molecular flexibility index (Phi) is 6.36. The van der Waals surface area contributed by atoms with Crippen LogP contribution in [0.4, 0.5) is 0 Å². The van der Waals surface area contributed by atoms with Crippen LogP contribution in [-0.2, 0) is 13.0 Å². The number of pyridine rings is 1. The molecule has 36 heavy (non-hydrogen) atoms. The van der Waals surface area contributed by atoms with Gasteiger partial charge < -0.3 is 24.3 Å². The highest BCUT2D eigenvalue weighted by Crippen LogP contribution is 2.54. The Hall–Kier alpha value is -2.51. The van der Waals surface area contributed by atoms with Crippen molar-refractivity contribution in [3.63, 3.8) is 0 Å². The number of benzene rings is 1. The van der Waals surface area contributed by atoms with Gasteiger partial charge in [0.1, 0.15) is 0 Å². The van der Waals surface area contributed by atoms with Crippen molar-refractivity contribution in [2.24, 2.45) is 5.92 Å². The highest BCUT2D eigenvalue weighted by atomic mass is 35.5. The third-order valence-electron chi connectivity index (χ3n) is 8.39. The fourth-order valence-corrected chi connectivity index (χ4v) is 6.54. The first-order valence-corrected chi connectivity index (χ1v) is 13.3. The monoisotopic (exact) mass is 513 g/mol. The van der Waals surface area contributed by atoms with E-state index in [9.17, 15) is 9.59 Å². The molecular weight excluding hydrogens is 478 g/mol. The maximum atomic E-state index is 13.7. The zero-order valence-corrected chi connectivity index (χ0v) is 22.8. The summed E-state index contributed by atoms with van der Waals surface area (Å²) < 4.78 is 13.0. The highest BCUT2D eigenvalue weighted by molar-refractivity contribution is 6.34. The Morgan fingerprint density at radius 2 is 1.89 bits per heavy atom. The predicted molar refractivity (Wildman–Crippen MR) is 140 cm³/mol. The number of aromatic nitrogens is 1. The van der Waals surface area contributed by atoms with Gasteiger partial charge in [-0.1, -0.05) is 18.0 Å². The van der Waals surface area contributed by atoms with Crippen molar-refractivity contribution in [3.8, 4) is 11.5 Å².